The minimum absolute atomic E-state index is 0.185. The number of nitrogens with one attached hydrogen (secondary N) is 1. The predicted octanol–water partition coefficient (Wildman–Crippen LogP) is 3.64. The summed E-state index contributed by atoms with van der Waals surface area (Å²) in [5.74, 6) is 0. The first-order chi connectivity index (χ1) is 11.9. The molecule has 0 saturated carbocycles. The van der Waals surface area contributed by atoms with E-state index in [1.807, 2.05) is 0 Å². The average Bonchev–Trinajstić information content (AvgIpc) is 2.57. The normalized spacial score (nSPS) is 11.2. The van der Waals surface area contributed by atoms with Crippen molar-refractivity contribution in [2.24, 2.45) is 0 Å². The fraction of sp³-hybridized carbons (Fsp3) is 0.700. The predicted molar refractivity (Wildman–Crippen MR) is 104 cm³/mol. The van der Waals surface area contributed by atoms with E-state index in [-0.39, 0.29) is 4.90 Å². The fourth-order valence-corrected chi connectivity index (χ4v) is 3.04. The molecule has 1 aromatic rings. The minimum atomic E-state index is -4.25. The Labute approximate surface area is 155 Å². The van der Waals surface area contributed by atoms with Crippen molar-refractivity contribution >= 4 is 10.1 Å². The second kappa shape index (κ2) is 15.4. The summed E-state index contributed by atoms with van der Waals surface area (Å²) < 4.78 is 30.8. The van der Waals surface area contributed by atoms with Gasteiger partial charge in [-0.1, -0.05) is 76.5 Å². The van der Waals surface area contributed by atoms with Crippen molar-refractivity contribution in [3.05, 3.63) is 30.3 Å². The Morgan fingerprint density at radius 3 is 1.60 bits per heavy atom. The lowest BCUT2D eigenvalue weighted by Gasteiger charge is -2.06. The van der Waals surface area contributed by atoms with Gasteiger partial charge in [0.25, 0.3) is 0 Å². The van der Waals surface area contributed by atoms with Gasteiger partial charge in [-0.15, -0.1) is 0 Å². The van der Waals surface area contributed by atoms with Crippen LogP contribution in [0.4, 0.5) is 0 Å². The zero-order valence-corrected chi connectivity index (χ0v) is 17.1. The van der Waals surface area contributed by atoms with E-state index in [9.17, 15) is 13.0 Å². The van der Waals surface area contributed by atoms with Crippen LogP contribution in [0.2, 0.25) is 0 Å². The third-order valence-corrected chi connectivity index (χ3v) is 4.91. The molecule has 0 heterocycles. The Morgan fingerprint density at radius 1 is 0.800 bits per heavy atom. The van der Waals surface area contributed by atoms with E-state index in [0.29, 0.717) is 0 Å². The molecule has 0 unspecified atom stereocenters. The van der Waals surface area contributed by atoms with E-state index >= 15 is 0 Å². The van der Waals surface area contributed by atoms with Crippen molar-refractivity contribution in [1.29, 1.82) is 0 Å². The monoisotopic (exact) mass is 371 g/mol. The lowest BCUT2D eigenvalue weighted by Crippen LogP contribution is -3.05. The van der Waals surface area contributed by atoms with Gasteiger partial charge in [0.1, 0.15) is 10.1 Å². The van der Waals surface area contributed by atoms with Crippen molar-refractivity contribution in [2.45, 2.75) is 76.0 Å². The molecule has 0 spiro atoms. The lowest BCUT2D eigenvalue weighted by molar-refractivity contribution is -0.858. The molecule has 146 valence electrons. The van der Waals surface area contributed by atoms with Gasteiger partial charge in [0.05, 0.1) is 25.5 Å². The Balaban J connectivity index is 0.000000496. The molecule has 1 aromatic carbocycles. The molecule has 0 bridgehead atoms. The third-order valence-electron chi connectivity index (χ3n) is 4.06. The van der Waals surface area contributed by atoms with E-state index < -0.39 is 10.1 Å². The topological polar surface area (TPSA) is 61.6 Å². The maximum absolute atomic E-state index is 10.3. The van der Waals surface area contributed by atoms with Crippen LogP contribution >= 0.6 is 0 Å². The number of hydrogen-bond donors (Lipinski definition) is 1. The number of hydrogen-bond acceptors (Lipinski definition) is 3. The van der Waals surface area contributed by atoms with Crippen LogP contribution in [0.3, 0.4) is 0 Å². The molecule has 0 atom stereocenters. The van der Waals surface area contributed by atoms with Crippen molar-refractivity contribution in [3.63, 3.8) is 0 Å². The van der Waals surface area contributed by atoms with Gasteiger partial charge in [0, 0.05) is 0 Å². The summed E-state index contributed by atoms with van der Waals surface area (Å²) in [6.07, 6.45) is 14.5. The van der Waals surface area contributed by atoms with E-state index in [1.54, 1.807) is 11.0 Å². The lowest BCUT2D eigenvalue weighted by atomic mass is 10.1. The van der Waals surface area contributed by atoms with E-state index in [1.165, 1.54) is 95.0 Å². The molecule has 1 rings (SSSR count). The number of quaternary nitrogens is 1. The van der Waals surface area contributed by atoms with Gasteiger partial charge in [-0.3, -0.25) is 0 Å². The summed E-state index contributed by atoms with van der Waals surface area (Å²) in [5, 5.41) is 0. The fourth-order valence-electron chi connectivity index (χ4n) is 2.55. The van der Waals surface area contributed by atoms with Crippen molar-refractivity contribution in [2.75, 3.05) is 20.6 Å². The van der Waals surface area contributed by atoms with Crippen LogP contribution in [0, 0.1) is 0 Å². The van der Waals surface area contributed by atoms with E-state index in [2.05, 4.69) is 21.0 Å². The van der Waals surface area contributed by atoms with Crippen LogP contribution < -0.4 is 4.90 Å². The molecule has 0 radical (unpaired) electrons. The van der Waals surface area contributed by atoms with Crippen molar-refractivity contribution in [1.82, 2.24) is 0 Å². The third kappa shape index (κ3) is 16.3. The van der Waals surface area contributed by atoms with E-state index in [4.69, 9.17) is 0 Å². The molecule has 0 fully saturated rings. The Hall–Kier alpha value is -0.910. The van der Waals surface area contributed by atoms with Crippen molar-refractivity contribution < 1.29 is 17.9 Å². The SMILES string of the molecule is CCCCCCCCCCCC[NH+](C)C.O=S(=O)([O-])c1ccccc1. The van der Waals surface area contributed by atoms with Crippen LogP contribution in [0.1, 0.15) is 71.1 Å². The highest BCUT2D eigenvalue weighted by molar-refractivity contribution is 7.85. The first kappa shape index (κ1) is 24.1. The van der Waals surface area contributed by atoms with Crippen molar-refractivity contribution in [3.8, 4) is 0 Å². The van der Waals surface area contributed by atoms with Gasteiger partial charge in [-0.2, -0.15) is 0 Å². The van der Waals surface area contributed by atoms with Crippen LogP contribution in [0.15, 0.2) is 35.2 Å². The summed E-state index contributed by atoms with van der Waals surface area (Å²) in [5.41, 5.74) is 0. The maximum atomic E-state index is 10.3. The van der Waals surface area contributed by atoms with Crippen LogP contribution in [-0.2, 0) is 10.1 Å². The van der Waals surface area contributed by atoms with Gasteiger partial charge >= 0.3 is 0 Å². The molecular weight excluding hydrogens is 334 g/mol. The van der Waals surface area contributed by atoms with Gasteiger partial charge in [0.2, 0.25) is 0 Å². The number of rotatable bonds is 12. The first-order valence-corrected chi connectivity index (χ1v) is 11.1. The highest BCUT2D eigenvalue weighted by Crippen LogP contribution is 2.10. The summed E-state index contributed by atoms with van der Waals surface area (Å²) in [6.45, 7) is 3.63. The van der Waals surface area contributed by atoms with Gasteiger partial charge in [0.15, 0.2) is 0 Å². The molecule has 0 aliphatic carbocycles. The van der Waals surface area contributed by atoms with Gasteiger partial charge < -0.3 is 9.45 Å². The smallest absolute Gasteiger partial charge is 0.124 e. The van der Waals surface area contributed by atoms with Crippen LogP contribution in [0.25, 0.3) is 0 Å². The summed E-state index contributed by atoms with van der Waals surface area (Å²) in [7, 11) is 0.235. The molecule has 0 aliphatic rings. The summed E-state index contributed by atoms with van der Waals surface area (Å²) in [4.78, 5) is 1.41. The molecule has 0 saturated heterocycles. The highest BCUT2D eigenvalue weighted by Gasteiger charge is 1.96. The summed E-state index contributed by atoms with van der Waals surface area (Å²) >= 11 is 0. The number of unbranched alkanes of at least 4 members (excludes halogenated alkanes) is 9. The second-order valence-corrected chi connectivity index (χ2v) is 8.29. The number of benzene rings is 1. The molecule has 25 heavy (non-hydrogen) atoms. The van der Waals surface area contributed by atoms with Gasteiger partial charge in [-0.05, 0) is 25.0 Å². The molecular formula is C20H37NO3S. The van der Waals surface area contributed by atoms with Gasteiger partial charge in [-0.25, -0.2) is 8.42 Å². The zero-order chi connectivity index (χ0) is 19.0. The largest absolute Gasteiger partial charge is 0.744 e. The second-order valence-electron chi connectivity index (χ2n) is 6.91. The Bertz CT molecular complexity index is 501. The molecule has 0 amide bonds. The Kier molecular flexibility index (Phi) is 14.8. The first-order valence-electron chi connectivity index (χ1n) is 9.68. The minimum Gasteiger partial charge on any atom is -0.744 e. The quantitative estimate of drug-likeness (QED) is 0.451. The van der Waals surface area contributed by atoms with Crippen LogP contribution in [-0.4, -0.2) is 33.6 Å². The average molecular weight is 372 g/mol. The Morgan fingerprint density at radius 2 is 1.24 bits per heavy atom. The highest BCUT2D eigenvalue weighted by atomic mass is 32.2. The molecule has 5 heteroatoms. The maximum Gasteiger partial charge on any atom is 0.124 e. The molecule has 0 aliphatic heterocycles. The summed E-state index contributed by atoms with van der Waals surface area (Å²) in [6, 6.07) is 7.19. The molecule has 1 N–H and O–H groups in total. The zero-order valence-electron chi connectivity index (χ0n) is 16.3. The standard InChI is InChI=1S/C14H31N.C6H6O3S/c1-4-5-6-7-8-9-10-11-12-13-14-15(2)3;7-10(8,9)6-4-2-1-3-5-6/h4-14H2,1-3H3;1-5H,(H,7,8,9). The molecule has 4 nitrogen and oxygen atoms in total. The van der Waals surface area contributed by atoms with E-state index in [0.717, 1.165) is 0 Å². The molecule has 0 aromatic heterocycles. The van der Waals surface area contributed by atoms with Crippen LogP contribution in [0.5, 0.6) is 0 Å².